The van der Waals surface area contributed by atoms with Crippen molar-refractivity contribution in [3.8, 4) is 0 Å². The Morgan fingerprint density at radius 3 is 2.11 bits per heavy atom. The normalized spacial score (nSPS) is 42.6. The Morgan fingerprint density at radius 2 is 1.63 bits per heavy atom. The van der Waals surface area contributed by atoms with Gasteiger partial charge in [0.05, 0.1) is 6.54 Å². The first kappa shape index (κ1) is 13.9. The predicted molar refractivity (Wildman–Crippen MR) is 69.4 cm³/mol. The predicted octanol–water partition coefficient (Wildman–Crippen LogP) is 2.26. The molecule has 4 aliphatic carbocycles. The number of hydrogen-bond donors (Lipinski definition) is 2. The molecule has 1 unspecified atom stereocenters. The topological polar surface area (TPSA) is 49.3 Å². The van der Waals surface area contributed by atoms with Crippen LogP contribution >= 0.6 is 0 Å². The summed E-state index contributed by atoms with van der Waals surface area (Å²) >= 11 is -2.44. The van der Waals surface area contributed by atoms with Gasteiger partial charge >= 0.3 is 0 Å². The summed E-state index contributed by atoms with van der Waals surface area (Å²) in [5.74, 6) is -1.31. The number of halogens is 2. The summed E-state index contributed by atoms with van der Waals surface area (Å²) in [5, 5.41) is 3.01. The molecule has 110 valence electrons. The van der Waals surface area contributed by atoms with Crippen molar-refractivity contribution < 1.29 is 17.5 Å². The van der Waals surface area contributed by atoms with Gasteiger partial charge < -0.3 is 9.87 Å². The van der Waals surface area contributed by atoms with E-state index in [1.54, 1.807) is 0 Å². The van der Waals surface area contributed by atoms with Crippen LogP contribution in [0.25, 0.3) is 0 Å². The lowest BCUT2D eigenvalue weighted by Gasteiger charge is -2.54. The van der Waals surface area contributed by atoms with E-state index in [1.807, 2.05) is 0 Å². The number of nitrogens with one attached hydrogen (secondary N) is 1. The van der Waals surface area contributed by atoms with E-state index in [0.717, 1.165) is 11.8 Å². The van der Waals surface area contributed by atoms with Crippen molar-refractivity contribution in [3.05, 3.63) is 0 Å². The number of alkyl halides is 2. The van der Waals surface area contributed by atoms with Gasteiger partial charge in [0.1, 0.15) is 5.75 Å². The number of rotatable bonds is 5. The highest BCUT2D eigenvalue weighted by molar-refractivity contribution is 7.79. The summed E-state index contributed by atoms with van der Waals surface area (Å²) in [6.07, 6.45) is 6.08. The molecule has 4 bridgehead atoms. The maximum atomic E-state index is 13.5. The molecule has 4 saturated carbocycles. The summed E-state index contributed by atoms with van der Waals surface area (Å²) in [7, 11) is 0. The second-order valence-electron chi connectivity index (χ2n) is 6.66. The Labute approximate surface area is 114 Å². The zero-order valence-electron chi connectivity index (χ0n) is 10.9. The van der Waals surface area contributed by atoms with Gasteiger partial charge in [-0.25, -0.2) is 13.0 Å². The maximum Gasteiger partial charge on any atom is 0.273 e. The van der Waals surface area contributed by atoms with Crippen molar-refractivity contribution in [3.63, 3.8) is 0 Å². The van der Waals surface area contributed by atoms with E-state index in [-0.39, 0.29) is 6.04 Å². The fraction of sp³-hybridized carbons (Fsp3) is 1.00. The molecule has 0 aromatic carbocycles. The highest BCUT2D eigenvalue weighted by Crippen LogP contribution is 2.53. The average Bonchev–Trinajstić information content (AvgIpc) is 2.24. The van der Waals surface area contributed by atoms with Crippen molar-refractivity contribution in [2.24, 2.45) is 23.7 Å². The third-order valence-corrected chi connectivity index (χ3v) is 5.83. The molecule has 19 heavy (non-hydrogen) atoms. The fourth-order valence-electron chi connectivity index (χ4n) is 4.76. The van der Waals surface area contributed by atoms with E-state index in [9.17, 15) is 13.0 Å². The van der Waals surface area contributed by atoms with Crippen LogP contribution in [-0.4, -0.2) is 33.0 Å². The van der Waals surface area contributed by atoms with Crippen LogP contribution in [0.15, 0.2) is 0 Å². The molecule has 0 heterocycles. The van der Waals surface area contributed by atoms with Gasteiger partial charge in [0.25, 0.3) is 5.92 Å². The maximum absolute atomic E-state index is 13.5. The van der Waals surface area contributed by atoms with Crippen LogP contribution in [0.2, 0.25) is 0 Å². The molecule has 4 fully saturated rings. The molecule has 0 radical (unpaired) electrons. The highest BCUT2D eigenvalue weighted by Gasteiger charge is 2.48. The van der Waals surface area contributed by atoms with E-state index >= 15 is 0 Å². The first-order chi connectivity index (χ1) is 8.93. The summed E-state index contributed by atoms with van der Waals surface area (Å²) in [6.45, 7) is -0.466. The van der Waals surface area contributed by atoms with E-state index in [2.05, 4.69) is 5.32 Å². The smallest absolute Gasteiger partial charge is 0.273 e. The lowest BCUT2D eigenvalue weighted by Crippen LogP contribution is -2.56. The largest absolute Gasteiger partial charge is 0.308 e. The molecule has 2 N–H and O–H groups in total. The van der Waals surface area contributed by atoms with Crippen molar-refractivity contribution in [2.45, 2.75) is 44.1 Å². The molecule has 0 aliphatic heterocycles. The minimum absolute atomic E-state index is 0.200. The quantitative estimate of drug-likeness (QED) is 0.764. The average molecular weight is 293 g/mol. The third-order valence-electron chi connectivity index (χ3n) is 5.16. The molecule has 3 nitrogen and oxygen atoms in total. The monoisotopic (exact) mass is 293 g/mol. The van der Waals surface area contributed by atoms with Gasteiger partial charge in [0.2, 0.25) is 0 Å². The molecule has 4 aliphatic rings. The van der Waals surface area contributed by atoms with Crippen LogP contribution in [0.1, 0.15) is 32.1 Å². The zero-order chi connectivity index (χ0) is 13.6. The Kier molecular flexibility index (Phi) is 3.69. The third kappa shape index (κ3) is 3.00. The van der Waals surface area contributed by atoms with Crippen molar-refractivity contribution >= 4 is 11.1 Å². The van der Waals surface area contributed by atoms with E-state index in [1.165, 1.54) is 32.1 Å². The van der Waals surface area contributed by atoms with Gasteiger partial charge in [-0.05, 0) is 55.8 Å². The summed E-state index contributed by atoms with van der Waals surface area (Å²) in [6, 6.07) is 0.200. The molecule has 0 amide bonds. The minimum atomic E-state index is -3.09. The molecule has 6 heteroatoms. The van der Waals surface area contributed by atoms with Gasteiger partial charge in [0.15, 0.2) is 11.1 Å². The van der Waals surface area contributed by atoms with Crippen molar-refractivity contribution in [1.82, 2.24) is 5.32 Å². The van der Waals surface area contributed by atoms with E-state index in [0.29, 0.717) is 11.8 Å². The second-order valence-corrected chi connectivity index (χ2v) is 7.59. The standard InChI is InChI=1S/C13H21F2NO2S/c14-13(15,7-19(17)18)6-16-12-10-2-8-1-9(4-10)5-11(12)3-8/h8-12,16H,1-7H2,(H,17,18). The number of hydrogen-bond acceptors (Lipinski definition) is 2. The lowest BCUT2D eigenvalue weighted by molar-refractivity contribution is -0.0325. The van der Waals surface area contributed by atoms with Crippen LogP contribution in [0, 0.1) is 23.7 Å². The minimum Gasteiger partial charge on any atom is -0.308 e. The summed E-state index contributed by atoms with van der Waals surface area (Å²) in [4.78, 5) is 0. The fourth-order valence-corrected chi connectivity index (χ4v) is 5.22. The van der Waals surface area contributed by atoms with Crippen LogP contribution in [0.5, 0.6) is 0 Å². The van der Waals surface area contributed by atoms with Crippen molar-refractivity contribution in [2.75, 3.05) is 12.3 Å². The first-order valence-electron chi connectivity index (χ1n) is 7.11. The molecular weight excluding hydrogens is 272 g/mol. The summed E-state index contributed by atoms with van der Waals surface area (Å²) in [5.41, 5.74) is 0. The zero-order valence-corrected chi connectivity index (χ0v) is 11.7. The van der Waals surface area contributed by atoms with Gasteiger partial charge in [-0.3, -0.25) is 0 Å². The molecule has 0 spiro atoms. The van der Waals surface area contributed by atoms with Crippen LogP contribution in [0.3, 0.4) is 0 Å². The molecular formula is C13H21F2NO2S. The Balaban J connectivity index is 1.57. The van der Waals surface area contributed by atoms with Crippen LogP contribution < -0.4 is 5.32 Å². The van der Waals surface area contributed by atoms with E-state index in [4.69, 9.17) is 4.55 Å². The van der Waals surface area contributed by atoms with Crippen LogP contribution in [0.4, 0.5) is 8.78 Å². The highest BCUT2D eigenvalue weighted by atomic mass is 32.2. The second kappa shape index (κ2) is 5.04. The van der Waals surface area contributed by atoms with Crippen LogP contribution in [-0.2, 0) is 11.1 Å². The molecule has 1 atom stereocenters. The van der Waals surface area contributed by atoms with Gasteiger partial charge in [-0.1, -0.05) is 0 Å². The van der Waals surface area contributed by atoms with Gasteiger partial charge in [0, 0.05) is 6.04 Å². The Hall–Kier alpha value is -0.0700. The Morgan fingerprint density at radius 1 is 1.11 bits per heavy atom. The molecule has 4 rings (SSSR count). The van der Waals surface area contributed by atoms with Crippen molar-refractivity contribution in [1.29, 1.82) is 0 Å². The summed E-state index contributed by atoms with van der Waals surface area (Å²) < 4.78 is 46.1. The van der Waals surface area contributed by atoms with E-state index < -0.39 is 29.3 Å². The lowest BCUT2D eigenvalue weighted by atomic mass is 9.54. The molecule has 0 aromatic heterocycles. The van der Waals surface area contributed by atoms with Gasteiger partial charge in [-0.2, -0.15) is 0 Å². The first-order valence-corrected chi connectivity index (χ1v) is 8.39. The molecule has 0 saturated heterocycles. The van der Waals surface area contributed by atoms with Gasteiger partial charge in [-0.15, -0.1) is 0 Å². The SMILES string of the molecule is O=S(O)CC(F)(F)CNC1C2CC3CC(C2)CC1C3. The Bertz CT molecular complexity index is 350. The molecule has 0 aromatic rings.